The molecule has 1 heterocycles. The number of unbranched alkanes of at least 4 members (excludes halogenated alkanes) is 3. The maximum Gasteiger partial charge on any atom is 0.126 e. The molecule has 0 aliphatic rings. The molecular formula is C23H28BrN3. The van der Waals surface area contributed by atoms with E-state index in [1.165, 1.54) is 24.8 Å². The van der Waals surface area contributed by atoms with Crippen molar-refractivity contribution in [2.24, 2.45) is 5.73 Å². The van der Waals surface area contributed by atoms with Gasteiger partial charge in [-0.1, -0.05) is 91.0 Å². The smallest absolute Gasteiger partial charge is 0.126 e. The molecule has 3 nitrogen and oxygen atoms in total. The van der Waals surface area contributed by atoms with E-state index in [2.05, 4.69) is 82.1 Å². The van der Waals surface area contributed by atoms with E-state index in [0.29, 0.717) is 0 Å². The average Bonchev–Trinajstić information content (AvgIpc) is 3.10. The van der Waals surface area contributed by atoms with Crippen LogP contribution in [-0.4, -0.2) is 9.55 Å². The number of halogens is 1. The van der Waals surface area contributed by atoms with E-state index < -0.39 is 0 Å². The zero-order chi connectivity index (χ0) is 19.1. The lowest BCUT2D eigenvalue weighted by Crippen LogP contribution is -2.17. The summed E-state index contributed by atoms with van der Waals surface area (Å²) in [6.07, 6.45) is 8.02. The third-order valence-electron chi connectivity index (χ3n) is 4.84. The summed E-state index contributed by atoms with van der Waals surface area (Å²) in [6, 6.07) is 18.8. The standard InChI is InChI=1S/C23H28BrN3/c1-2-3-4-8-11-21(25)23-26-22(19-12-14-20(24)15-13-19)17-27(23)16-18-9-6-5-7-10-18/h5-7,9-10,12-15,17,21H,2-4,8,11,16,25H2,1H3. The van der Waals surface area contributed by atoms with Crippen LogP contribution in [0, 0.1) is 0 Å². The van der Waals surface area contributed by atoms with Crippen molar-refractivity contribution in [2.45, 2.75) is 51.6 Å². The van der Waals surface area contributed by atoms with Crippen LogP contribution in [0.2, 0.25) is 0 Å². The van der Waals surface area contributed by atoms with E-state index in [0.717, 1.165) is 40.9 Å². The van der Waals surface area contributed by atoms with Crippen molar-refractivity contribution >= 4 is 15.9 Å². The minimum Gasteiger partial charge on any atom is -0.329 e. The van der Waals surface area contributed by atoms with Crippen LogP contribution >= 0.6 is 15.9 Å². The minimum absolute atomic E-state index is 0.0326. The molecule has 1 unspecified atom stereocenters. The van der Waals surface area contributed by atoms with Crippen LogP contribution in [0.4, 0.5) is 0 Å². The molecule has 0 amide bonds. The Morgan fingerprint density at radius 1 is 1.00 bits per heavy atom. The Kier molecular flexibility index (Phi) is 7.25. The molecule has 0 saturated carbocycles. The molecule has 0 aliphatic heterocycles. The van der Waals surface area contributed by atoms with Gasteiger partial charge < -0.3 is 10.3 Å². The number of nitrogens with zero attached hydrogens (tertiary/aromatic N) is 2. The van der Waals surface area contributed by atoms with Crippen molar-refractivity contribution in [3.8, 4) is 11.3 Å². The molecule has 2 N–H and O–H groups in total. The van der Waals surface area contributed by atoms with Crippen LogP contribution in [0.5, 0.6) is 0 Å². The van der Waals surface area contributed by atoms with E-state index in [1.807, 2.05) is 6.07 Å². The molecule has 142 valence electrons. The SMILES string of the molecule is CCCCCCC(N)c1nc(-c2ccc(Br)cc2)cn1Cc1ccccc1. The molecule has 0 radical (unpaired) electrons. The number of aromatic nitrogens is 2. The van der Waals surface area contributed by atoms with Crippen molar-refractivity contribution in [1.82, 2.24) is 9.55 Å². The first-order valence-corrected chi connectivity index (χ1v) is 10.6. The summed E-state index contributed by atoms with van der Waals surface area (Å²) in [7, 11) is 0. The van der Waals surface area contributed by atoms with Gasteiger partial charge in [-0.2, -0.15) is 0 Å². The molecule has 1 aromatic heterocycles. The van der Waals surface area contributed by atoms with Crippen LogP contribution in [0.1, 0.15) is 56.5 Å². The fourth-order valence-electron chi connectivity index (χ4n) is 3.31. The van der Waals surface area contributed by atoms with Crippen molar-refractivity contribution in [3.05, 3.63) is 76.7 Å². The summed E-state index contributed by atoms with van der Waals surface area (Å²) in [5, 5.41) is 0. The van der Waals surface area contributed by atoms with Gasteiger partial charge in [-0.05, 0) is 24.1 Å². The molecule has 0 spiro atoms. The van der Waals surface area contributed by atoms with E-state index in [1.54, 1.807) is 0 Å². The lowest BCUT2D eigenvalue weighted by atomic mass is 10.1. The van der Waals surface area contributed by atoms with Crippen LogP contribution in [0.25, 0.3) is 11.3 Å². The predicted octanol–water partition coefficient (Wildman–Crippen LogP) is 6.33. The highest BCUT2D eigenvalue weighted by molar-refractivity contribution is 9.10. The van der Waals surface area contributed by atoms with Gasteiger partial charge in [0.25, 0.3) is 0 Å². The summed E-state index contributed by atoms with van der Waals surface area (Å²) >= 11 is 3.50. The maximum atomic E-state index is 6.56. The van der Waals surface area contributed by atoms with Crippen molar-refractivity contribution < 1.29 is 0 Å². The Morgan fingerprint density at radius 3 is 2.44 bits per heavy atom. The highest BCUT2D eigenvalue weighted by Crippen LogP contribution is 2.25. The first-order chi connectivity index (χ1) is 13.2. The van der Waals surface area contributed by atoms with E-state index in [9.17, 15) is 0 Å². The van der Waals surface area contributed by atoms with Gasteiger partial charge in [0.2, 0.25) is 0 Å². The molecule has 0 saturated heterocycles. The number of nitrogens with two attached hydrogens (primary N) is 1. The lowest BCUT2D eigenvalue weighted by Gasteiger charge is -2.14. The molecule has 0 aliphatic carbocycles. The molecular weight excluding hydrogens is 398 g/mol. The summed E-state index contributed by atoms with van der Waals surface area (Å²) in [5.41, 5.74) is 9.92. The second-order valence-electron chi connectivity index (χ2n) is 7.06. The van der Waals surface area contributed by atoms with E-state index in [-0.39, 0.29) is 6.04 Å². The van der Waals surface area contributed by atoms with Gasteiger partial charge in [0.1, 0.15) is 5.82 Å². The summed E-state index contributed by atoms with van der Waals surface area (Å²) in [4.78, 5) is 4.93. The normalized spacial score (nSPS) is 12.3. The van der Waals surface area contributed by atoms with Gasteiger partial charge in [0.15, 0.2) is 0 Å². The minimum atomic E-state index is -0.0326. The summed E-state index contributed by atoms with van der Waals surface area (Å²) in [6.45, 7) is 3.03. The van der Waals surface area contributed by atoms with Gasteiger partial charge in [0.05, 0.1) is 11.7 Å². The average molecular weight is 426 g/mol. The second kappa shape index (κ2) is 9.86. The first-order valence-electron chi connectivity index (χ1n) is 9.80. The molecule has 0 fully saturated rings. The fraction of sp³-hybridized carbons (Fsp3) is 0.348. The monoisotopic (exact) mass is 425 g/mol. The number of imidazole rings is 1. The molecule has 3 rings (SSSR count). The number of rotatable bonds is 9. The van der Waals surface area contributed by atoms with Crippen molar-refractivity contribution in [1.29, 1.82) is 0 Å². The van der Waals surface area contributed by atoms with Crippen LogP contribution < -0.4 is 5.73 Å². The molecule has 3 aromatic rings. The number of benzene rings is 2. The third kappa shape index (κ3) is 5.53. The van der Waals surface area contributed by atoms with E-state index in [4.69, 9.17) is 10.7 Å². The Hall–Kier alpha value is -1.91. The molecule has 4 heteroatoms. The topological polar surface area (TPSA) is 43.8 Å². The predicted molar refractivity (Wildman–Crippen MR) is 117 cm³/mol. The van der Waals surface area contributed by atoms with Crippen LogP contribution in [0.15, 0.2) is 65.3 Å². The van der Waals surface area contributed by atoms with Gasteiger partial charge in [-0.3, -0.25) is 0 Å². The van der Waals surface area contributed by atoms with Crippen molar-refractivity contribution in [2.75, 3.05) is 0 Å². The Morgan fingerprint density at radius 2 is 1.74 bits per heavy atom. The number of hydrogen-bond donors (Lipinski definition) is 1. The van der Waals surface area contributed by atoms with Gasteiger partial charge in [-0.15, -0.1) is 0 Å². The lowest BCUT2D eigenvalue weighted by molar-refractivity contribution is 0.527. The van der Waals surface area contributed by atoms with Gasteiger partial charge in [-0.25, -0.2) is 4.98 Å². The fourth-order valence-corrected chi connectivity index (χ4v) is 3.58. The third-order valence-corrected chi connectivity index (χ3v) is 5.37. The molecule has 27 heavy (non-hydrogen) atoms. The molecule has 2 aromatic carbocycles. The second-order valence-corrected chi connectivity index (χ2v) is 7.98. The zero-order valence-corrected chi connectivity index (χ0v) is 17.5. The van der Waals surface area contributed by atoms with Crippen molar-refractivity contribution in [3.63, 3.8) is 0 Å². The number of hydrogen-bond acceptors (Lipinski definition) is 2. The quantitative estimate of drug-likeness (QED) is 0.406. The summed E-state index contributed by atoms with van der Waals surface area (Å²) in [5.74, 6) is 0.980. The first kappa shape index (κ1) is 19.8. The summed E-state index contributed by atoms with van der Waals surface area (Å²) < 4.78 is 3.29. The van der Waals surface area contributed by atoms with E-state index >= 15 is 0 Å². The highest BCUT2D eigenvalue weighted by atomic mass is 79.9. The Bertz CT molecular complexity index is 825. The molecule has 0 bridgehead atoms. The highest BCUT2D eigenvalue weighted by Gasteiger charge is 2.16. The van der Waals surface area contributed by atoms with Crippen LogP contribution in [-0.2, 0) is 6.54 Å². The molecule has 1 atom stereocenters. The maximum absolute atomic E-state index is 6.56. The zero-order valence-electron chi connectivity index (χ0n) is 15.9. The largest absolute Gasteiger partial charge is 0.329 e. The Labute approximate surface area is 170 Å². The van der Waals surface area contributed by atoms with Gasteiger partial charge in [0, 0.05) is 22.8 Å². The Balaban J connectivity index is 1.85. The van der Waals surface area contributed by atoms with Crippen LogP contribution in [0.3, 0.4) is 0 Å². The van der Waals surface area contributed by atoms with Gasteiger partial charge >= 0.3 is 0 Å².